The van der Waals surface area contributed by atoms with Crippen LogP contribution in [0, 0.1) is 0 Å². The van der Waals surface area contributed by atoms with Crippen LogP contribution < -0.4 is 0 Å². The molecule has 0 amide bonds. The van der Waals surface area contributed by atoms with Crippen molar-refractivity contribution in [2.75, 3.05) is 14.1 Å². The van der Waals surface area contributed by atoms with Gasteiger partial charge >= 0.3 is 5.97 Å². The molecule has 0 atom stereocenters. The zero-order valence-corrected chi connectivity index (χ0v) is 13.0. The monoisotopic (exact) mass is 289 g/mol. The number of hydrogen-bond acceptors (Lipinski definition) is 3. The van der Waals surface area contributed by atoms with Crippen molar-refractivity contribution in [1.29, 1.82) is 0 Å². The van der Waals surface area contributed by atoms with E-state index in [4.69, 9.17) is 10.1 Å². The Morgan fingerprint density at radius 2 is 2.14 bits per heavy atom. The summed E-state index contributed by atoms with van der Waals surface area (Å²) in [6.07, 6.45) is 1.80. The Morgan fingerprint density at radius 3 is 2.76 bits per heavy atom. The predicted molar refractivity (Wildman–Crippen MR) is 83.4 cm³/mol. The molecule has 1 heterocycles. The number of nitrogens with zero attached hydrogens (tertiary/aromatic N) is 3. The predicted octanol–water partition coefficient (Wildman–Crippen LogP) is 2.53. The van der Waals surface area contributed by atoms with Gasteiger partial charge in [0.2, 0.25) is 0 Å². The normalized spacial score (nSPS) is 11.4. The van der Waals surface area contributed by atoms with Gasteiger partial charge in [-0.2, -0.15) is 0 Å². The number of aliphatic carboxylic acids is 1. The van der Waals surface area contributed by atoms with Crippen molar-refractivity contribution in [3.63, 3.8) is 0 Å². The van der Waals surface area contributed by atoms with Gasteiger partial charge in [-0.25, -0.2) is 4.98 Å². The molecule has 0 fully saturated rings. The molecule has 0 saturated heterocycles. The molecule has 5 heteroatoms. The first kappa shape index (κ1) is 15.5. The SMILES string of the molecule is CCc1ccc2c(c1)nc(CN(C)C)n2CCCC(=O)O. The second-order valence-corrected chi connectivity index (χ2v) is 5.59. The Morgan fingerprint density at radius 1 is 1.38 bits per heavy atom. The molecule has 0 aliphatic rings. The van der Waals surface area contributed by atoms with E-state index in [0.717, 1.165) is 29.8 Å². The van der Waals surface area contributed by atoms with Crippen molar-refractivity contribution in [2.24, 2.45) is 0 Å². The first-order chi connectivity index (χ1) is 10.0. The van der Waals surface area contributed by atoms with E-state index in [-0.39, 0.29) is 6.42 Å². The summed E-state index contributed by atoms with van der Waals surface area (Å²) in [5, 5.41) is 8.81. The topological polar surface area (TPSA) is 58.4 Å². The quantitative estimate of drug-likeness (QED) is 0.851. The third-order valence-corrected chi connectivity index (χ3v) is 3.53. The van der Waals surface area contributed by atoms with Gasteiger partial charge in [0.05, 0.1) is 17.6 Å². The van der Waals surface area contributed by atoms with E-state index in [1.807, 2.05) is 14.1 Å². The lowest BCUT2D eigenvalue weighted by Gasteiger charge is -2.12. The third-order valence-electron chi connectivity index (χ3n) is 3.53. The fourth-order valence-corrected chi connectivity index (χ4v) is 2.49. The number of imidazole rings is 1. The maximum atomic E-state index is 10.7. The van der Waals surface area contributed by atoms with Crippen LogP contribution in [0.25, 0.3) is 11.0 Å². The number of carboxylic acid groups (broad SMARTS) is 1. The maximum absolute atomic E-state index is 10.7. The van der Waals surface area contributed by atoms with Gasteiger partial charge in [0.15, 0.2) is 0 Å². The Labute approximate surface area is 125 Å². The molecule has 0 bridgehead atoms. The van der Waals surface area contributed by atoms with Gasteiger partial charge in [0, 0.05) is 13.0 Å². The molecule has 2 rings (SSSR count). The van der Waals surface area contributed by atoms with Gasteiger partial charge in [0.25, 0.3) is 0 Å². The lowest BCUT2D eigenvalue weighted by Crippen LogP contribution is -2.16. The van der Waals surface area contributed by atoms with Crippen LogP contribution in [0.4, 0.5) is 0 Å². The highest BCUT2D eigenvalue weighted by atomic mass is 16.4. The van der Waals surface area contributed by atoms with E-state index >= 15 is 0 Å². The highest BCUT2D eigenvalue weighted by Gasteiger charge is 2.12. The van der Waals surface area contributed by atoms with Crippen LogP contribution in [0.2, 0.25) is 0 Å². The van der Waals surface area contributed by atoms with Crippen molar-refractivity contribution < 1.29 is 9.90 Å². The Balaban J connectivity index is 2.35. The van der Waals surface area contributed by atoms with Crippen molar-refractivity contribution in [2.45, 2.75) is 39.3 Å². The van der Waals surface area contributed by atoms with Crippen LogP contribution in [0.15, 0.2) is 18.2 Å². The van der Waals surface area contributed by atoms with E-state index in [1.54, 1.807) is 0 Å². The molecule has 114 valence electrons. The van der Waals surface area contributed by atoms with Crippen molar-refractivity contribution in [3.8, 4) is 0 Å². The van der Waals surface area contributed by atoms with Crippen LogP contribution in [-0.2, 0) is 24.3 Å². The first-order valence-electron chi connectivity index (χ1n) is 7.35. The molecule has 0 aliphatic carbocycles. The molecule has 0 saturated carbocycles. The second-order valence-electron chi connectivity index (χ2n) is 5.59. The van der Waals surface area contributed by atoms with Crippen molar-refractivity contribution in [1.82, 2.24) is 14.5 Å². The lowest BCUT2D eigenvalue weighted by molar-refractivity contribution is -0.137. The smallest absolute Gasteiger partial charge is 0.303 e. The molecule has 5 nitrogen and oxygen atoms in total. The summed E-state index contributed by atoms with van der Waals surface area (Å²) in [6.45, 7) is 3.58. The molecule has 2 aromatic rings. The average Bonchev–Trinajstić information content (AvgIpc) is 2.74. The molecule has 0 spiro atoms. The summed E-state index contributed by atoms with van der Waals surface area (Å²) in [6, 6.07) is 6.35. The van der Waals surface area contributed by atoms with E-state index in [9.17, 15) is 4.79 Å². The van der Waals surface area contributed by atoms with E-state index in [2.05, 4.69) is 34.6 Å². The highest BCUT2D eigenvalue weighted by molar-refractivity contribution is 5.77. The fourth-order valence-electron chi connectivity index (χ4n) is 2.49. The molecule has 0 unspecified atom stereocenters. The summed E-state index contributed by atoms with van der Waals surface area (Å²) in [7, 11) is 4.02. The minimum atomic E-state index is -0.748. The molecule has 21 heavy (non-hydrogen) atoms. The Bertz CT molecular complexity index is 632. The highest BCUT2D eigenvalue weighted by Crippen LogP contribution is 2.20. The number of rotatable bonds is 7. The fraction of sp³-hybridized carbons (Fsp3) is 0.500. The van der Waals surface area contributed by atoms with Gasteiger partial charge in [0.1, 0.15) is 5.82 Å². The number of carboxylic acids is 1. The van der Waals surface area contributed by atoms with Crippen LogP contribution in [0.1, 0.15) is 31.2 Å². The number of aryl methyl sites for hydroxylation is 2. The van der Waals surface area contributed by atoms with Crippen LogP contribution >= 0.6 is 0 Å². The largest absolute Gasteiger partial charge is 0.481 e. The molecule has 1 N–H and O–H groups in total. The third kappa shape index (κ3) is 3.82. The zero-order chi connectivity index (χ0) is 15.4. The number of hydrogen-bond donors (Lipinski definition) is 1. The molecule has 0 aliphatic heterocycles. The second kappa shape index (κ2) is 6.72. The number of benzene rings is 1. The minimum absolute atomic E-state index is 0.189. The van der Waals surface area contributed by atoms with Crippen LogP contribution in [-0.4, -0.2) is 39.6 Å². The lowest BCUT2D eigenvalue weighted by atomic mass is 10.1. The van der Waals surface area contributed by atoms with Gasteiger partial charge in [-0.3, -0.25) is 4.79 Å². The molecule has 1 aromatic heterocycles. The number of carbonyl (C=O) groups is 1. The number of fused-ring (bicyclic) bond motifs is 1. The average molecular weight is 289 g/mol. The Kier molecular flexibility index (Phi) is 4.96. The standard InChI is InChI=1S/C16H23N3O2/c1-4-12-7-8-14-13(10-12)17-15(11-18(2)3)19(14)9-5-6-16(20)21/h7-8,10H,4-6,9,11H2,1-3H3,(H,20,21). The summed E-state index contributed by atoms with van der Waals surface area (Å²) in [4.78, 5) is 17.5. The van der Waals surface area contributed by atoms with Gasteiger partial charge in [-0.05, 0) is 44.6 Å². The zero-order valence-electron chi connectivity index (χ0n) is 13.0. The van der Waals surface area contributed by atoms with Crippen LogP contribution in [0.3, 0.4) is 0 Å². The molecular formula is C16H23N3O2. The van der Waals surface area contributed by atoms with E-state index < -0.39 is 5.97 Å². The van der Waals surface area contributed by atoms with Crippen molar-refractivity contribution >= 4 is 17.0 Å². The van der Waals surface area contributed by atoms with Crippen LogP contribution in [0.5, 0.6) is 0 Å². The molecule has 0 radical (unpaired) electrons. The summed E-state index contributed by atoms with van der Waals surface area (Å²) in [5.74, 6) is 0.246. The molecular weight excluding hydrogens is 266 g/mol. The van der Waals surface area contributed by atoms with Crippen molar-refractivity contribution in [3.05, 3.63) is 29.6 Å². The Hall–Kier alpha value is -1.88. The summed E-state index contributed by atoms with van der Waals surface area (Å²) in [5.41, 5.74) is 3.37. The van der Waals surface area contributed by atoms with E-state index in [1.165, 1.54) is 5.56 Å². The van der Waals surface area contributed by atoms with Gasteiger partial charge < -0.3 is 14.6 Å². The first-order valence-corrected chi connectivity index (χ1v) is 7.35. The van der Waals surface area contributed by atoms with E-state index in [0.29, 0.717) is 13.0 Å². The maximum Gasteiger partial charge on any atom is 0.303 e. The minimum Gasteiger partial charge on any atom is -0.481 e. The van der Waals surface area contributed by atoms with Gasteiger partial charge in [-0.15, -0.1) is 0 Å². The summed E-state index contributed by atoms with van der Waals surface area (Å²) < 4.78 is 2.15. The summed E-state index contributed by atoms with van der Waals surface area (Å²) >= 11 is 0. The molecule has 1 aromatic carbocycles. The number of aromatic nitrogens is 2. The van der Waals surface area contributed by atoms with Gasteiger partial charge in [-0.1, -0.05) is 13.0 Å².